The van der Waals surface area contributed by atoms with Gasteiger partial charge in [0.1, 0.15) is 11.0 Å². The lowest BCUT2D eigenvalue weighted by atomic mass is 10.3. The molecule has 0 radical (unpaired) electrons. The molecule has 0 spiro atoms. The van der Waals surface area contributed by atoms with Crippen LogP contribution in [0.25, 0.3) is 0 Å². The van der Waals surface area contributed by atoms with Crippen molar-refractivity contribution in [1.29, 1.82) is 0 Å². The molecule has 0 aliphatic rings. The normalized spacial score (nSPS) is 11.6. The SMILES string of the molecule is FC(F)(F)c1nc(Cl)cc(NCCc2cccs2)n1. The van der Waals surface area contributed by atoms with E-state index in [2.05, 4.69) is 15.3 Å². The molecule has 0 fully saturated rings. The van der Waals surface area contributed by atoms with Crippen LogP contribution in [-0.4, -0.2) is 16.5 Å². The molecule has 102 valence electrons. The van der Waals surface area contributed by atoms with Crippen LogP contribution in [0.2, 0.25) is 5.15 Å². The number of halogens is 4. The minimum atomic E-state index is -4.60. The molecule has 8 heteroatoms. The number of nitrogens with one attached hydrogen (secondary N) is 1. The van der Waals surface area contributed by atoms with Crippen molar-refractivity contribution in [3.05, 3.63) is 39.4 Å². The van der Waals surface area contributed by atoms with Crippen LogP contribution in [-0.2, 0) is 12.6 Å². The van der Waals surface area contributed by atoms with E-state index in [-0.39, 0.29) is 11.0 Å². The van der Waals surface area contributed by atoms with Gasteiger partial charge in [0, 0.05) is 17.5 Å². The summed E-state index contributed by atoms with van der Waals surface area (Å²) < 4.78 is 37.5. The highest BCUT2D eigenvalue weighted by Crippen LogP contribution is 2.28. The van der Waals surface area contributed by atoms with Gasteiger partial charge in [-0.15, -0.1) is 11.3 Å². The first-order valence-corrected chi connectivity index (χ1v) is 6.59. The number of thiophene rings is 1. The Kier molecular flexibility index (Phi) is 4.26. The zero-order valence-electron chi connectivity index (χ0n) is 9.54. The summed E-state index contributed by atoms with van der Waals surface area (Å²) in [5, 5.41) is 4.52. The average Bonchev–Trinajstić information content (AvgIpc) is 2.80. The first-order valence-electron chi connectivity index (χ1n) is 5.33. The number of hydrogen-bond acceptors (Lipinski definition) is 4. The van der Waals surface area contributed by atoms with Crippen LogP contribution >= 0.6 is 22.9 Å². The molecule has 0 aliphatic carbocycles. The molecule has 0 saturated heterocycles. The molecule has 0 unspecified atom stereocenters. The van der Waals surface area contributed by atoms with Gasteiger partial charge in [0.2, 0.25) is 5.82 Å². The number of nitrogens with zero attached hydrogens (tertiary/aromatic N) is 2. The third kappa shape index (κ3) is 4.07. The first kappa shape index (κ1) is 14.1. The Morgan fingerprint density at radius 3 is 2.74 bits per heavy atom. The molecule has 2 rings (SSSR count). The van der Waals surface area contributed by atoms with E-state index in [4.69, 9.17) is 11.6 Å². The highest BCUT2D eigenvalue weighted by Gasteiger charge is 2.35. The zero-order valence-corrected chi connectivity index (χ0v) is 11.1. The maximum atomic E-state index is 12.5. The summed E-state index contributed by atoms with van der Waals surface area (Å²) >= 11 is 7.14. The van der Waals surface area contributed by atoms with Crippen LogP contribution in [0, 0.1) is 0 Å². The Morgan fingerprint density at radius 2 is 2.11 bits per heavy atom. The smallest absolute Gasteiger partial charge is 0.370 e. The lowest BCUT2D eigenvalue weighted by Gasteiger charge is -2.09. The summed E-state index contributed by atoms with van der Waals surface area (Å²) in [7, 11) is 0. The standard InChI is InChI=1S/C11H9ClF3N3S/c12-8-6-9(18-10(17-8)11(13,14)15)16-4-3-7-2-1-5-19-7/h1-2,5-6H,3-4H2,(H,16,17,18). The number of rotatable bonds is 4. The Bertz CT molecular complexity index is 543. The van der Waals surface area contributed by atoms with E-state index in [1.165, 1.54) is 6.07 Å². The van der Waals surface area contributed by atoms with Crippen LogP contribution < -0.4 is 5.32 Å². The van der Waals surface area contributed by atoms with Crippen molar-refractivity contribution in [3.8, 4) is 0 Å². The average molecular weight is 308 g/mol. The predicted octanol–water partition coefficient (Wildman–Crippen LogP) is 3.86. The molecule has 0 amide bonds. The Hall–Kier alpha value is -1.34. The van der Waals surface area contributed by atoms with Crippen molar-refractivity contribution in [2.75, 3.05) is 11.9 Å². The maximum Gasteiger partial charge on any atom is 0.451 e. The lowest BCUT2D eigenvalue weighted by Crippen LogP contribution is -2.14. The first-order chi connectivity index (χ1) is 8.95. The van der Waals surface area contributed by atoms with Gasteiger partial charge in [-0.2, -0.15) is 13.2 Å². The summed E-state index contributed by atoms with van der Waals surface area (Å²) in [6.45, 7) is 0.477. The van der Waals surface area contributed by atoms with Gasteiger partial charge < -0.3 is 5.32 Å². The second-order valence-electron chi connectivity index (χ2n) is 3.65. The fourth-order valence-corrected chi connectivity index (χ4v) is 2.30. The molecule has 0 atom stereocenters. The second kappa shape index (κ2) is 5.75. The molecular formula is C11H9ClF3N3S. The predicted molar refractivity (Wildman–Crippen MR) is 68.6 cm³/mol. The van der Waals surface area contributed by atoms with Crippen LogP contribution in [0.15, 0.2) is 23.6 Å². The van der Waals surface area contributed by atoms with Crippen molar-refractivity contribution in [3.63, 3.8) is 0 Å². The Labute approximate surface area is 116 Å². The number of anilines is 1. The van der Waals surface area contributed by atoms with Crippen LogP contribution in [0.4, 0.5) is 19.0 Å². The number of alkyl halides is 3. The van der Waals surface area contributed by atoms with Crippen LogP contribution in [0.5, 0.6) is 0 Å². The van der Waals surface area contributed by atoms with Crippen molar-refractivity contribution < 1.29 is 13.2 Å². The Balaban J connectivity index is 2.02. The maximum absolute atomic E-state index is 12.5. The summed E-state index contributed by atoms with van der Waals surface area (Å²) in [5.74, 6) is -1.16. The molecule has 2 aromatic heterocycles. The molecule has 3 nitrogen and oxygen atoms in total. The van der Waals surface area contributed by atoms with Crippen molar-refractivity contribution >= 4 is 28.8 Å². The quantitative estimate of drug-likeness (QED) is 0.872. The highest BCUT2D eigenvalue weighted by atomic mass is 35.5. The molecule has 0 bridgehead atoms. The summed E-state index contributed by atoms with van der Waals surface area (Å²) in [6.07, 6.45) is -3.89. The van der Waals surface area contributed by atoms with E-state index in [0.717, 1.165) is 4.88 Å². The summed E-state index contributed by atoms with van der Waals surface area (Å²) in [4.78, 5) is 7.69. The molecule has 19 heavy (non-hydrogen) atoms. The minimum absolute atomic E-state index is 0.0730. The number of aromatic nitrogens is 2. The van der Waals surface area contributed by atoms with Crippen LogP contribution in [0.3, 0.4) is 0 Å². The van der Waals surface area contributed by atoms with Gasteiger partial charge in [0.25, 0.3) is 0 Å². The van der Waals surface area contributed by atoms with E-state index in [1.54, 1.807) is 11.3 Å². The van der Waals surface area contributed by atoms with Gasteiger partial charge in [-0.3, -0.25) is 0 Å². The largest absolute Gasteiger partial charge is 0.451 e. The molecule has 0 aliphatic heterocycles. The van der Waals surface area contributed by atoms with E-state index in [9.17, 15) is 13.2 Å². The van der Waals surface area contributed by atoms with Crippen molar-refractivity contribution in [2.24, 2.45) is 0 Å². The van der Waals surface area contributed by atoms with Gasteiger partial charge >= 0.3 is 6.18 Å². The van der Waals surface area contributed by atoms with Gasteiger partial charge in [-0.25, -0.2) is 9.97 Å². The minimum Gasteiger partial charge on any atom is -0.370 e. The van der Waals surface area contributed by atoms with Gasteiger partial charge in [-0.1, -0.05) is 17.7 Å². The highest BCUT2D eigenvalue weighted by molar-refractivity contribution is 7.09. The Morgan fingerprint density at radius 1 is 1.32 bits per heavy atom. The molecular weight excluding hydrogens is 299 g/mol. The van der Waals surface area contributed by atoms with Crippen molar-refractivity contribution in [1.82, 2.24) is 9.97 Å². The van der Waals surface area contributed by atoms with E-state index in [1.807, 2.05) is 17.5 Å². The molecule has 0 aromatic carbocycles. The van der Waals surface area contributed by atoms with E-state index in [0.29, 0.717) is 13.0 Å². The van der Waals surface area contributed by atoms with Gasteiger partial charge in [-0.05, 0) is 17.9 Å². The summed E-state index contributed by atoms with van der Waals surface area (Å²) in [6, 6.07) is 5.15. The molecule has 2 heterocycles. The third-order valence-corrected chi connectivity index (χ3v) is 3.34. The summed E-state index contributed by atoms with van der Waals surface area (Å²) in [5.41, 5.74) is 0. The zero-order chi connectivity index (χ0) is 13.9. The lowest BCUT2D eigenvalue weighted by molar-refractivity contribution is -0.144. The fourth-order valence-electron chi connectivity index (χ4n) is 1.40. The van der Waals surface area contributed by atoms with Crippen molar-refractivity contribution in [2.45, 2.75) is 12.6 Å². The fraction of sp³-hybridized carbons (Fsp3) is 0.273. The van der Waals surface area contributed by atoms with Gasteiger partial charge in [0.05, 0.1) is 0 Å². The second-order valence-corrected chi connectivity index (χ2v) is 5.07. The molecule has 0 saturated carbocycles. The van der Waals surface area contributed by atoms with Crippen LogP contribution in [0.1, 0.15) is 10.7 Å². The van der Waals surface area contributed by atoms with E-state index < -0.39 is 12.0 Å². The molecule has 1 N–H and O–H groups in total. The van der Waals surface area contributed by atoms with E-state index >= 15 is 0 Å². The van der Waals surface area contributed by atoms with Gasteiger partial charge in [0.15, 0.2) is 0 Å². The molecule has 2 aromatic rings. The monoisotopic (exact) mass is 307 g/mol. The topological polar surface area (TPSA) is 37.8 Å². The number of hydrogen-bond donors (Lipinski definition) is 1. The third-order valence-electron chi connectivity index (χ3n) is 2.21.